The van der Waals surface area contributed by atoms with Gasteiger partial charge in [-0.2, -0.15) is 0 Å². The van der Waals surface area contributed by atoms with Crippen LogP contribution in [-0.2, 0) is 6.54 Å². The minimum Gasteiger partial charge on any atom is -0.507 e. The third kappa shape index (κ3) is 4.15. The van der Waals surface area contributed by atoms with E-state index in [-0.39, 0.29) is 23.9 Å². The summed E-state index contributed by atoms with van der Waals surface area (Å²) in [5.41, 5.74) is 0.773. The van der Waals surface area contributed by atoms with E-state index in [2.05, 4.69) is 10.2 Å². The molecule has 2 atom stereocenters. The van der Waals surface area contributed by atoms with E-state index in [0.717, 1.165) is 11.6 Å². The van der Waals surface area contributed by atoms with Crippen molar-refractivity contribution in [3.63, 3.8) is 0 Å². The molecule has 0 bridgehead atoms. The van der Waals surface area contributed by atoms with Gasteiger partial charge >= 0.3 is 0 Å². The van der Waals surface area contributed by atoms with Gasteiger partial charge in [-0.1, -0.05) is 36.4 Å². The molecule has 1 aliphatic rings. The molecule has 0 aliphatic carbocycles. The number of phenols is 1. The summed E-state index contributed by atoms with van der Waals surface area (Å²) in [6, 6.07) is 13.6. The van der Waals surface area contributed by atoms with Gasteiger partial charge in [0.25, 0.3) is 5.91 Å². The maximum absolute atomic E-state index is 13.8. The number of benzene rings is 2. The Hall–Kier alpha value is -2.44. The van der Waals surface area contributed by atoms with Gasteiger partial charge in [-0.05, 0) is 24.1 Å². The van der Waals surface area contributed by atoms with Crippen LogP contribution in [0.25, 0.3) is 0 Å². The lowest BCUT2D eigenvalue weighted by Crippen LogP contribution is -2.40. The highest BCUT2D eigenvalue weighted by atomic mass is 19.1. The van der Waals surface area contributed by atoms with Crippen molar-refractivity contribution in [1.82, 2.24) is 10.2 Å². The summed E-state index contributed by atoms with van der Waals surface area (Å²) < 4.78 is 13.8. The molecule has 3 N–H and O–H groups in total. The molecule has 0 saturated carbocycles. The zero-order chi connectivity index (χ0) is 17.8. The maximum Gasteiger partial charge on any atom is 0.258 e. The van der Waals surface area contributed by atoms with Crippen molar-refractivity contribution < 1.29 is 19.4 Å². The summed E-state index contributed by atoms with van der Waals surface area (Å²) in [4.78, 5) is 14.3. The minimum atomic E-state index is -0.759. The Labute approximate surface area is 145 Å². The van der Waals surface area contributed by atoms with Gasteiger partial charge < -0.3 is 15.5 Å². The zero-order valence-corrected chi connectivity index (χ0v) is 13.7. The van der Waals surface area contributed by atoms with Gasteiger partial charge in [-0.15, -0.1) is 0 Å². The van der Waals surface area contributed by atoms with Gasteiger partial charge in [0.05, 0.1) is 6.10 Å². The number of hydrogen-bond acceptors (Lipinski definition) is 4. The highest BCUT2D eigenvalue weighted by Crippen LogP contribution is 2.22. The molecule has 0 spiro atoms. The van der Waals surface area contributed by atoms with Gasteiger partial charge in [-0.25, -0.2) is 4.39 Å². The zero-order valence-electron chi connectivity index (χ0n) is 13.7. The minimum absolute atomic E-state index is 0.0481. The van der Waals surface area contributed by atoms with Crippen LogP contribution in [0.1, 0.15) is 22.3 Å². The summed E-state index contributed by atoms with van der Waals surface area (Å²) in [7, 11) is 0. The number of hydrogen-bond donors (Lipinski definition) is 3. The number of halogens is 1. The van der Waals surface area contributed by atoms with Crippen molar-refractivity contribution in [2.75, 3.05) is 13.1 Å². The number of carbonyl (C=O) groups excluding carboxylic acids is 1. The van der Waals surface area contributed by atoms with Crippen LogP contribution in [0.5, 0.6) is 5.75 Å². The molecule has 2 aromatic rings. The number of nitrogens with one attached hydrogen (secondary N) is 1. The molecule has 132 valence electrons. The number of likely N-dealkylation sites (tertiary alicyclic amines) is 1. The molecule has 1 amide bonds. The van der Waals surface area contributed by atoms with Crippen molar-refractivity contribution in [3.05, 3.63) is 65.5 Å². The van der Waals surface area contributed by atoms with E-state index in [9.17, 15) is 19.4 Å². The average Bonchev–Trinajstić information content (AvgIpc) is 2.93. The van der Waals surface area contributed by atoms with E-state index in [0.29, 0.717) is 19.5 Å². The second-order valence-electron chi connectivity index (χ2n) is 6.30. The fourth-order valence-corrected chi connectivity index (χ4v) is 3.22. The van der Waals surface area contributed by atoms with Crippen molar-refractivity contribution in [2.45, 2.75) is 25.1 Å². The second kappa shape index (κ2) is 7.63. The van der Waals surface area contributed by atoms with E-state index >= 15 is 0 Å². The van der Waals surface area contributed by atoms with Gasteiger partial charge in [0, 0.05) is 25.7 Å². The number of amides is 1. The van der Waals surface area contributed by atoms with E-state index in [1.54, 1.807) is 0 Å². The number of β-amino-alcohol motifs (C(OH)–C–C–N with tert-alkyl or cyclic N) is 1. The van der Waals surface area contributed by atoms with Crippen LogP contribution < -0.4 is 5.32 Å². The Morgan fingerprint density at radius 3 is 2.68 bits per heavy atom. The molecule has 0 aromatic heterocycles. The summed E-state index contributed by atoms with van der Waals surface area (Å²) >= 11 is 0. The molecule has 2 unspecified atom stereocenters. The molecular formula is C19H21FN2O3. The fourth-order valence-electron chi connectivity index (χ4n) is 3.22. The monoisotopic (exact) mass is 344 g/mol. The van der Waals surface area contributed by atoms with Crippen LogP contribution >= 0.6 is 0 Å². The topological polar surface area (TPSA) is 72.8 Å². The molecule has 1 heterocycles. The number of carbonyl (C=O) groups is 1. The standard InChI is InChI=1S/C19H21FN2O3/c20-16-7-4-8-17(24)18(16)19(25)21-10-14-9-15(23)12-22(14)11-13-5-2-1-3-6-13/h1-8,14-15,23-24H,9-12H2,(H,21,25). The largest absolute Gasteiger partial charge is 0.507 e. The predicted octanol–water partition coefficient (Wildman–Crippen LogP) is 1.90. The Morgan fingerprint density at radius 2 is 1.96 bits per heavy atom. The van der Waals surface area contributed by atoms with Crippen LogP contribution in [0.3, 0.4) is 0 Å². The molecule has 2 aromatic carbocycles. The van der Waals surface area contributed by atoms with E-state index in [1.807, 2.05) is 30.3 Å². The number of phenolic OH excluding ortho intramolecular Hbond substituents is 1. The second-order valence-corrected chi connectivity index (χ2v) is 6.30. The lowest BCUT2D eigenvalue weighted by Gasteiger charge is -2.24. The van der Waals surface area contributed by atoms with Gasteiger partial charge in [0.15, 0.2) is 0 Å². The van der Waals surface area contributed by atoms with Crippen molar-refractivity contribution >= 4 is 5.91 Å². The Balaban J connectivity index is 1.64. The lowest BCUT2D eigenvalue weighted by atomic mass is 10.1. The average molecular weight is 344 g/mol. The van der Waals surface area contributed by atoms with Crippen molar-refractivity contribution in [2.24, 2.45) is 0 Å². The number of rotatable bonds is 5. The molecule has 1 aliphatic heterocycles. The Kier molecular flexibility index (Phi) is 5.31. The number of aliphatic hydroxyl groups excluding tert-OH is 1. The molecule has 0 radical (unpaired) electrons. The normalized spacial score (nSPS) is 20.6. The number of aliphatic hydroxyl groups is 1. The highest BCUT2D eigenvalue weighted by Gasteiger charge is 2.31. The fraction of sp³-hybridized carbons (Fsp3) is 0.316. The Bertz CT molecular complexity index is 718. The number of aromatic hydroxyl groups is 1. The van der Waals surface area contributed by atoms with Crippen LogP contribution in [0, 0.1) is 5.82 Å². The SMILES string of the molecule is O=C(NCC1CC(O)CN1Cc1ccccc1)c1c(O)cccc1F. The van der Waals surface area contributed by atoms with Crippen molar-refractivity contribution in [3.8, 4) is 5.75 Å². The molecule has 3 rings (SSSR count). The number of nitrogens with zero attached hydrogens (tertiary/aromatic N) is 1. The molecule has 6 heteroatoms. The molecule has 5 nitrogen and oxygen atoms in total. The summed E-state index contributed by atoms with van der Waals surface area (Å²) in [6.45, 7) is 1.47. The molecular weight excluding hydrogens is 323 g/mol. The van der Waals surface area contributed by atoms with Crippen molar-refractivity contribution in [1.29, 1.82) is 0 Å². The van der Waals surface area contributed by atoms with Crippen LogP contribution in [0.2, 0.25) is 0 Å². The van der Waals surface area contributed by atoms with Gasteiger partial charge in [0.1, 0.15) is 17.1 Å². The first-order valence-electron chi connectivity index (χ1n) is 8.26. The summed E-state index contributed by atoms with van der Waals surface area (Å²) in [6.07, 6.45) is 0.0867. The van der Waals surface area contributed by atoms with Gasteiger partial charge in [-0.3, -0.25) is 9.69 Å². The van der Waals surface area contributed by atoms with Crippen LogP contribution in [0.15, 0.2) is 48.5 Å². The maximum atomic E-state index is 13.8. The van der Waals surface area contributed by atoms with Gasteiger partial charge in [0.2, 0.25) is 0 Å². The summed E-state index contributed by atoms with van der Waals surface area (Å²) in [5, 5.41) is 22.3. The molecule has 1 saturated heterocycles. The predicted molar refractivity (Wildman–Crippen MR) is 91.7 cm³/mol. The first-order valence-corrected chi connectivity index (χ1v) is 8.26. The molecule has 1 fully saturated rings. The van der Waals surface area contributed by atoms with Crippen LogP contribution in [-0.4, -0.2) is 46.3 Å². The third-order valence-electron chi connectivity index (χ3n) is 4.45. The van der Waals surface area contributed by atoms with E-state index in [4.69, 9.17) is 0 Å². The molecule has 25 heavy (non-hydrogen) atoms. The lowest BCUT2D eigenvalue weighted by molar-refractivity contribution is 0.0933. The van der Waals surface area contributed by atoms with E-state index in [1.165, 1.54) is 12.1 Å². The highest BCUT2D eigenvalue weighted by molar-refractivity contribution is 5.97. The first kappa shape index (κ1) is 17.4. The first-order chi connectivity index (χ1) is 12.0. The third-order valence-corrected chi connectivity index (χ3v) is 4.45. The smallest absolute Gasteiger partial charge is 0.258 e. The summed E-state index contributed by atoms with van der Waals surface area (Å²) in [5.74, 6) is -1.80. The van der Waals surface area contributed by atoms with Crippen LogP contribution in [0.4, 0.5) is 4.39 Å². The quantitative estimate of drug-likeness (QED) is 0.775. The van der Waals surface area contributed by atoms with E-state index < -0.39 is 17.8 Å². The Morgan fingerprint density at radius 1 is 1.20 bits per heavy atom.